The Kier molecular flexibility index (Phi) is 4.96. The average Bonchev–Trinajstić information content (AvgIpc) is 3.33. The van der Waals surface area contributed by atoms with Crippen molar-refractivity contribution in [1.82, 2.24) is 9.78 Å². The van der Waals surface area contributed by atoms with Gasteiger partial charge in [-0.3, -0.25) is 4.79 Å². The first kappa shape index (κ1) is 18.0. The molecule has 0 amide bonds. The van der Waals surface area contributed by atoms with Crippen LogP contribution in [0, 0.1) is 6.92 Å². The van der Waals surface area contributed by atoms with Crippen LogP contribution in [-0.2, 0) is 0 Å². The van der Waals surface area contributed by atoms with Gasteiger partial charge in [0.05, 0.1) is 5.69 Å². The molecule has 138 valence electrons. The third kappa shape index (κ3) is 3.82. The predicted molar refractivity (Wildman–Crippen MR) is 111 cm³/mol. The molecule has 0 saturated carbocycles. The molecule has 0 bridgehead atoms. The van der Waals surface area contributed by atoms with Crippen LogP contribution in [0.15, 0.2) is 83.4 Å². The number of allylic oxidation sites excluding steroid dienone is 1. The monoisotopic (exact) mass is 388 g/mol. The van der Waals surface area contributed by atoms with Crippen LogP contribution in [0.2, 0.25) is 5.02 Å². The highest BCUT2D eigenvalue weighted by Gasteiger charge is 2.14. The highest BCUT2D eigenvalue weighted by molar-refractivity contribution is 6.30. The minimum atomic E-state index is -0.106. The summed E-state index contributed by atoms with van der Waals surface area (Å²) in [5.74, 6) is 1.35. The van der Waals surface area contributed by atoms with Gasteiger partial charge in [-0.25, -0.2) is 4.68 Å². The van der Waals surface area contributed by atoms with Gasteiger partial charge in [0.1, 0.15) is 11.5 Å². The number of benzene rings is 2. The lowest BCUT2D eigenvalue weighted by molar-refractivity contribution is 0.104. The average molecular weight is 389 g/mol. The number of hydrogen-bond donors (Lipinski definition) is 0. The fourth-order valence-corrected chi connectivity index (χ4v) is 2.98. The fraction of sp³-hybridized carbons (Fsp3) is 0.0435. The Morgan fingerprint density at radius 3 is 2.46 bits per heavy atom. The lowest BCUT2D eigenvalue weighted by Gasteiger charge is -1.98. The lowest BCUT2D eigenvalue weighted by atomic mass is 10.1. The molecule has 0 saturated heterocycles. The Hall–Kier alpha value is -3.37. The maximum absolute atomic E-state index is 12.5. The van der Waals surface area contributed by atoms with E-state index in [9.17, 15) is 4.79 Å². The minimum Gasteiger partial charge on any atom is -0.460 e. The molecule has 4 aromatic rings. The molecule has 2 heterocycles. The van der Waals surface area contributed by atoms with Crippen molar-refractivity contribution in [3.05, 3.63) is 101 Å². The second-order valence-electron chi connectivity index (χ2n) is 6.33. The number of carbonyl (C=O) groups is 1. The first-order chi connectivity index (χ1) is 13.6. The third-order valence-electron chi connectivity index (χ3n) is 4.28. The van der Waals surface area contributed by atoms with Gasteiger partial charge >= 0.3 is 0 Å². The lowest BCUT2D eigenvalue weighted by Crippen LogP contribution is -1.93. The molecular formula is C23H17ClN2O2. The number of nitrogens with zero attached hydrogens (tertiary/aromatic N) is 2. The summed E-state index contributed by atoms with van der Waals surface area (Å²) in [7, 11) is 0. The molecule has 28 heavy (non-hydrogen) atoms. The Morgan fingerprint density at radius 1 is 1.04 bits per heavy atom. The smallest absolute Gasteiger partial charge is 0.185 e. The van der Waals surface area contributed by atoms with Crippen LogP contribution in [0.4, 0.5) is 0 Å². The van der Waals surface area contributed by atoms with E-state index in [-0.39, 0.29) is 5.78 Å². The molecule has 0 aliphatic carbocycles. The summed E-state index contributed by atoms with van der Waals surface area (Å²) in [6, 6.07) is 20.4. The van der Waals surface area contributed by atoms with Crippen molar-refractivity contribution in [3.63, 3.8) is 0 Å². The molecule has 0 radical (unpaired) electrons. The van der Waals surface area contributed by atoms with Crippen molar-refractivity contribution in [2.75, 3.05) is 0 Å². The van der Waals surface area contributed by atoms with Crippen LogP contribution in [0.5, 0.6) is 0 Å². The van der Waals surface area contributed by atoms with Crippen LogP contribution in [-0.4, -0.2) is 15.6 Å². The summed E-state index contributed by atoms with van der Waals surface area (Å²) in [6.45, 7) is 1.89. The number of para-hydroxylation sites is 1. The second-order valence-corrected chi connectivity index (χ2v) is 6.76. The molecule has 0 N–H and O–H groups in total. The highest BCUT2D eigenvalue weighted by atomic mass is 35.5. The number of furan rings is 1. The molecule has 4 nitrogen and oxygen atoms in total. The summed E-state index contributed by atoms with van der Waals surface area (Å²) in [5.41, 5.74) is 2.97. The van der Waals surface area contributed by atoms with E-state index in [1.165, 1.54) is 6.08 Å². The van der Waals surface area contributed by atoms with Crippen molar-refractivity contribution >= 4 is 23.5 Å². The van der Waals surface area contributed by atoms with Gasteiger partial charge < -0.3 is 4.42 Å². The van der Waals surface area contributed by atoms with Gasteiger partial charge in [-0.2, -0.15) is 5.10 Å². The largest absolute Gasteiger partial charge is 0.460 e. The Balaban J connectivity index is 1.71. The fourth-order valence-electron chi connectivity index (χ4n) is 2.85. The number of aryl methyl sites for hydroxylation is 1. The van der Waals surface area contributed by atoms with Gasteiger partial charge in [0.2, 0.25) is 0 Å². The topological polar surface area (TPSA) is 48.0 Å². The van der Waals surface area contributed by atoms with Gasteiger partial charge in [-0.05, 0) is 67.6 Å². The van der Waals surface area contributed by atoms with Crippen LogP contribution < -0.4 is 0 Å². The number of rotatable bonds is 5. The molecule has 0 unspecified atom stereocenters. The van der Waals surface area contributed by atoms with Gasteiger partial charge in [-0.1, -0.05) is 29.8 Å². The van der Waals surface area contributed by atoms with E-state index in [1.54, 1.807) is 35.0 Å². The van der Waals surface area contributed by atoms with Crippen molar-refractivity contribution in [3.8, 4) is 17.1 Å². The van der Waals surface area contributed by atoms with Crippen LogP contribution in [0.3, 0.4) is 0 Å². The highest BCUT2D eigenvalue weighted by Crippen LogP contribution is 2.26. The van der Waals surface area contributed by atoms with Crippen LogP contribution in [0.1, 0.15) is 21.7 Å². The summed E-state index contributed by atoms with van der Waals surface area (Å²) in [5, 5.41) is 5.27. The molecule has 0 spiro atoms. The van der Waals surface area contributed by atoms with E-state index in [0.29, 0.717) is 22.0 Å². The number of halogens is 1. The Morgan fingerprint density at radius 2 is 1.79 bits per heavy atom. The van der Waals surface area contributed by atoms with Crippen molar-refractivity contribution in [1.29, 1.82) is 0 Å². The SMILES string of the molecule is Cc1ccc(-c2nn(-c3ccccc3)cc2C=CC(=O)c2ccc(Cl)cc2)o1. The number of hydrogen-bond acceptors (Lipinski definition) is 3. The molecule has 0 aliphatic rings. The van der Waals surface area contributed by atoms with E-state index in [4.69, 9.17) is 16.0 Å². The zero-order valence-corrected chi connectivity index (χ0v) is 15.9. The molecule has 2 aromatic heterocycles. The summed E-state index contributed by atoms with van der Waals surface area (Å²) < 4.78 is 7.53. The first-order valence-electron chi connectivity index (χ1n) is 8.80. The Bertz CT molecular complexity index is 1140. The maximum Gasteiger partial charge on any atom is 0.185 e. The summed E-state index contributed by atoms with van der Waals surface area (Å²) in [4.78, 5) is 12.5. The van der Waals surface area contributed by atoms with Gasteiger partial charge in [-0.15, -0.1) is 0 Å². The molecule has 0 atom stereocenters. The van der Waals surface area contributed by atoms with Gasteiger partial charge in [0.25, 0.3) is 0 Å². The van der Waals surface area contributed by atoms with Crippen molar-refractivity contribution < 1.29 is 9.21 Å². The third-order valence-corrected chi connectivity index (χ3v) is 4.53. The van der Waals surface area contributed by atoms with E-state index in [2.05, 4.69) is 5.10 Å². The van der Waals surface area contributed by atoms with E-state index in [0.717, 1.165) is 17.0 Å². The summed E-state index contributed by atoms with van der Waals surface area (Å²) in [6.07, 6.45) is 5.18. The molecule has 4 rings (SSSR count). The van der Waals surface area contributed by atoms with E-state index < -0.39 is 0 Å². The molecule has 2 aromatic carbocycles. The van der Waals surface area contributed by atoms with E-state index >= 15 is 0 Å². The number of aromatic nitrogens is 2. The van der Waals surface area contributed by atoms with Crippen LogP contribution in [0.25, 0.3) is 23.2 Å². The van der Waals surface area contributed by atoms with Crippen molar-refractivity contribution in [2.45, 2.75) is 6.92 Å². The van der Waals surface area contributed by atoms with Gasteiger partial charge in [0.15, 0.2) is 11.5 Å². The quantitative estimate of drug-likeness (QED) is 0.311. The second kappa shape index (κ2) is 7.71. The van der Waals surface area contributed by atoms with Crippen molar-refractivity contribution in [2.24, 2.45) is 0 Å². The molecular weight excluding hydrogens is 372 g/mol. The first-order valence-corrected chi connectivity index (χ1v) is 9.18. The standard InChI is InChI=1S/C23H17ClN2O2/c1-16-7-14-22(28-16)23-18(15-26(25-23)20-5-3-2-4-6-20)10-13-21(27)17-8-11-19(24)12-9-17/h2-15H,1H3. The van der Waals surface area contributed by atoms with Crippen LogP contribution >= 0.6 is 11.6 Å². The number of carbonyl (C=O) groups excluding carboxylic acids is 1. The van der Waals surface area contributed by atoms with E-state index in [1.807, 2.05) is 55.6 Å². The number of ketones is 1. The molecule has 0 aliphatic heterocycles. The zero-order chi connectivity index (χ0) is 19.5. The molecule has 0 fully saturated rings. The predicted octanol–water partition coefficient (Wildman–Crippen LogP) is 5.99. The normalized spacial score (nSPS) is 11.2. The minimum absolute atomic E-state index is 0.106. The molecule has 5 heteroatoms. The maximum atomic E-state index is 12.5. The summed E-state index contributed by atoms with van der Waals surface area (Å²) >= 11 is 5.89. The van der Waals surface area contributed by atoms with Gasteiger partial charge in [0, 0.05) is 22.3 Å². The zero-order valence-electron chi connectivity index (χ0n) is 15.2. The Labute approximate surface area is 167 Å².